The normalized spacial score (nSPS) is 18.1. The molecule has 4 heteroatoms. The highest BCUT2D eigenvalue weighted by atomic mass is 16.5. The van der Waals surface area contributed by atoms with Gasteiger partial charge in [-0.1, -0.05) is 53.6 Å². The van der Waals surface area contributed by atoms with Crippen LogP contribution in [0.25, 0.3) is 0 Å². The summed E-state index contributed by atoms with van der Waals surface area (Å²) in [4.78, 5) is 13.8. The van der Waals surface area contributed by atoms with Crippen LogP contribution < -0.4 is 4.74 Å². The van der Waals surface area contributed by atoms with Crippen LogP contribution >= 0.6 is 0 Å². The lowest BCUT2D eigenvalue weighted by Crippen LogP contribution is -2.26. The number of phenols is 2. The SMILES string of the molecule is COc1c(C)c(O)c(C)c(O)c1C(=O)C1CC=C(CCC=C(C)C)C[C@H]1c1ccccc1. The highest BCUT2D eigenvalue weighted by Gasteiger charge is 2.36. The molecule has 0 amide bonds. The first-order valence-electron chi connectivity index (χ1n) is 11.3. The summed E-state index contributed by atoms with van der Waals surface area (Å²) in [6.45, 7) is 7.54. The van der Waals surface area contributed by atoms with Crippen molar-refractivity contribution in [3.8, 4) is 17.2 Å². The molecule has 0 bridgehead atoms. The van der Waals surface area contributed by atoms with Crippen molar-refractivity contribution < 1.29 is 19.7 Å². The van der Waals surface area contributed by atoms with Gasteiger partial charge in [0.25, 0.3) is 0 Å². The van der Waals surface area contributed by atoms with Crippen molar-refractivity contribution >= 4 is 5.78 Å². The molecule has 0 saturated carbocycles. The third kappa shape index (κ3) is 4.74. The van der Waals surface area contributed by atoms with Crippen LogP contribution in [0.15, 0.2) is 53.6 Å². The van der Waals surface area contributed by atoms with Gasteiger partial charge >= 0.3 is 0 Å². The Morgan fingerprint density at radius 2 is 1.78 bits per heavy atom. The highest BCUT2D eigenvalue weighted by molar-refractivity contribution is 6.04. The zero-order valence-corrected chi connectivity index (χ0v) is 19.7. The van der Waals surface area contributed by atoms with Gasteiger partial charge in [0.1, 0.15) is 22.8 Å². The minimum Gasteiger partial charge on any atom is -0.507 e. The maximum atomic E-state index is 13.8. The first kappa shape index (κ1) is 23.6. The monoisotopic (exact) mass is 434 g/mol. The van der Waals surface area contributed by atoms with Crippen LogP contribution in [-0.4, -0.2) is 23.1 Å². The molecule has 0 radical (unpaired) electrons. The number of phenolic OH excluding ortho intramolecular Hbond substituents is 2. The Bertz CT molecular complexity index is 1040. The maximum absolute atomic E-state index is 13.8. The van der Waals surface area contributed by atoms with Gasteiger partial charge in [0.15, 0.2) is 5.78 Å². The Morgan fingerprint density at radius 1 is 1.09 bits per heavy atom. The summed E-state index contributed by atoms with van der Waals surface area (Å²) < 4.78 is 5.48. The Balaban J connectivity index is 2.02. The number of carbonyl (C=O) groups excluding carboxylic acids is 1. The third-order valence-corrected chi connectivity index (χ3v) is 6.53. The van der Waals surface area contributed by atoms with Gasteiger partial charge in [0.05, 0.1) is 7.11 Å². The zero-order valence-electron chi connectivity index (χ0n) is 19.7. The van der Waals surface area contributed by atoms with E-state index in [0.29, 0.717) is 17.5 Å². The summed E-state index contributed by atoms with van der Waals surface area (Å²) in [5.41, 5.74) is 4.76. The number of rotatable bonds is 7. The lowest BCUT2D eigenvalue weighted by molar-refractivity contribution is 0.0889. The predicted molar refractivity (Wildman–Crippen MR) is 129 cm³/mol. The average molecular weight is 435 g/mol. The standard InChI is InChI=1S/C28H34O4/c1-17(2)10-9-11-20-14-15-22(23(16-20)21-12-7-6-8-13-21)27(31)24-26(30)18(3)25(29)19(4)28(24)32-5/h6-8,10,12-14,22-23,29-30H,9,11,15-16H2,1-5H3/t22?,23-/m0/s1. The van der Waals surface area contributed by atoms with Crippen LogP contribution in [0.4, 0.5) is 0 Å². The molecule has 32 heavy (non-hydrogen) atoms. The Hall–Kier alpha value is -3.01. The molecule has 0 saturated heterocycles. The number of allylic oxidation sites excluding steroid dienone is 4. The van der Waals surface area contributed by atoms with Crippen LogP contribution in [0.5, 0.6) is 17.2 Å². The van der Waals surface area contributed by atoms with E-state index in [-0.39, 0.29) is 40.4 Å². The van der Waals surface area contributed by atoms with Gasteiger partial charge in [-0.25, -0.2) is 0 Å². The quantitative estimate of drug-likeness (QED) is 0.373. The minimum atomic E-state index is -0.312. The van der Waals surface area contributed by atoms with E-state index in [1.807, 2.05) is 18.2 Å². The molecule has 0 spiro atoms. The summed E-state index contributed by atoms with van der Waals surface area (Å²) in [6.07, 6.45) is 7.87. The molecule has 170 valence electrons. The van der Waals surface area contributed by atoms with Crippen molar-refractivity contribution in [1.29, 1.82) is 0 Å². The van der Waals surface area contributed by atoms with Crippen molar-refractivity contribution in [2.45, 2.75) is 59.3 Å². The molecular weight excluding hydrogens is 400 g/mol. The number of hydrogen-bond donors (Lipinski definition) is 2. The second-order valence-electron chi connectivity index (χ2n) is 8.97. The summed E-state index contributed by atoms with van der Waals surface area (Å²) in [7, 11) is 1.46. The fourth-order valence-corrected chi connectivity index (χ4v) is 4.71. The second kappa shape index (κ2) is 10.1. The van der Waals surface area contributed by atoms with E-state index >= 15 is 0 Å². The molecule has 1 aliphatic carbocycles. The van der Waals surface area contributed by atoms with Gasteiger partial charge in [-0.05, 0) is 64.9 Å². The number of ketones is 1. The van der Waals surface area contributed by atoms with Crippen molar-refractivity contribution in [2.24, 2.45) is 5.92 Å². The number of aromatic hydroxyl groups is 2. The molecule has 4 nitrogen and oxygen atoms in total. The predicted octanol–water partition coefficient (Wildman–Crippen LogP) is 6.77. The van der Waals surface area contributed by atoms with E-state index in [0.717, 1.165) is 24.8 Å². The smallest absolute Gasteiger partial charge is 0.174 e. The lowest BCUT2D eigenvalue weighted by atomic mass is 9.71. The van der Waals surface area contributed by atoms with Crippen molar-refractivity contribution in [1.82, 2.24) is 0 Å². The zero-order chi connectivity index (χ0) is 23.4. The van der Waals surface area contributed by atoms with E-state index in [4.69, 9.17) is 4.74 Å². The van der Waals surface area contributed by atoms with Gasteiger partial charge in [-0.15, -0.1) is 0 Å². The van der Waals surface area contributed by atoms with Crippen molar-refractivity contribution in [3.63, 3.8) is 0 Å². The maximum Gasteiger partial charge on any atom is 0.174 e. The van der Waals surface area contributed by atoms with Crippen LogP contribution in [0.1, 0.15) is 72.5 Å². The molecular formula is C28H34O4. The van der Waals surface area contributed by atoms with Gasteiger partial charge in [-0.2, -0.15) is 0 Å². The second-order valence-corrected chi connectivity index (χ2v) is 8.97. The van der Waals surface area contributed by atoms with Gasteiger partial charge in [-0.3, -0.25) is 4.79 Å². The number of benzene rings is 2. The molecule has 0 fully saturated rings. The van der Waals surface area contributed by atoms with Crippen LogP contribution in [0, 0.1) is 19.8 Å². The van der Waals surface area contributed by atoms with Gasteiger partial charge < -0.3 is 14.9 Å². The summed E-state index contributed by atoms with van der Waals surface area (Å²) >= 11 is 0. The molecule has 2 aromatic rings. The molecule has 2 N–H and O–H groups in total. The van der Waals surface area contributed by atoms with Crippen LogP contribution in [0.3, 0.4) is 0 Å². The average Bonchev–Trinajstić information content (AvgIpc) is 2.79. The molecule has 1 unspecified atom stereocenters. The van der Waals surface area contributed by atoms with Crippen molar-refractivity contribution in [3.05, 3.63) is 75.9 Å². The van der Waals surface area contributed by atoms with E-state index < -0.39 is 0 Å². The number of carbonyl (C=O) groups is 1. The van der Waals surface area contributed by atoms with Gasteiger partial charge in [0.2, 0.25) is 0 Å². The Kier molecular flexibility index (Phi) is 7.44. The number of Topliss-reactive ketones (excluding diaryl/α,β-unsaturated/α-hetero) is 1. The summed E-state index contributed by atoms with van der Waals surface area (Å²) in [6, 6.07) is 10.1. The highest BCUT2D eigenvalue weighted by Crippen LogP contribution is 2.46. The molecule has 2 aromatic carbocycles. The van der Waals surface area contributed by atoms with Crippen LogP contribution in [-0.2, 0) is 0 Å². The Labute approximate surface area is 191 Å². The fraction of sp³-hybridized carbons (Fsp3) is 0.393. The van der Waals surface area contributed by atoms with E-state index in [2.05, 4.69) is 38.1 Å². The number of methoxy groups -OCH3 is 1. The molecule has 1 aliphatic rings. The Morgan fingerprint density at radius 3 is 2.41 bits per heavy atom. The largest absolute Gasteiger partial charge is 0.507 e. The molecule has 3 rings (SSSR count). The molecule has 0 aliphatic heterocycles. The van der Waals surface area contributed by atoms with E-state index in [1.54, 1.807) is 13.8 Å². The first-order chi connectivity index (χ1) is 15.3. The third-order valence-electron chi connectivity index (χ3n) is 6.53. The molecule has 2 atom stereocenters. The molecule has 0 heterocycles. The van der Waals surface area contributed by atoms with E-state index in [1.165, 1.54) is 18.3 Å². The molecule has 0 aromatic heterocycles. The minimum absolute atomic E-state index is 0.0222. The lowest BCUT2D eigenvalue weighted by Gasteiger charge is -2.32. The van der Waals surface area contributed by atoms with Gasteiger partial charge in [0, 0.05) is 17.0 Å². The fourth-order valence-electron chi connectivity index (χ4n) is 4.71. The topological polar surface area (TPSA) is 66.8 Å². The van der Waals surface area contributed by atoms with Crippen LogP contribution in [0.2, 0.25) is 0 Å². The van der Waals surface area contributed by atoms with Crippen molar-refractivity contribution in [2.75, 3.05) is 7.11 Å². The number of ether oxygens (including phenoxy) is 1. The van der Waals surface area contributed by atoms with E-state index in [9.17, 15) is 15.0 Å². The number of hydrogen-bond acceptors (Lipinski definition) is 4. The summed E-state index contributed by atoms with van der Waals surface area (Å²) in [5, 5.41) is 21.1. The first-order valence-corrected chi connectivity index (χ1v) is 11.3. The summed E-state index contributed by atoms with van der Waals surface area (Å²) in [5.74, 6) is -0.415.